The molecule has 0 unspecified atom stereocenters. The number of carbonyl (C=O) groups excluding carboxylic acids is 1. The van der Waals surface area contributed by atoms with Crippen molar-refractivity contribution in [2.24, 2.45) is 0 Å². The molecule has 2 saturated heterocycles. The molecule has 1 N–H and O–H groups in total. The summed E-state index contributed by atoms with van der Waals surface area (Å²) in [4.78, 5) is 20.5. The van der Waals surface area contributed by atoms with Gasteiger partial charge in [-0.1, -0.05) is 6.42 Å². The van der Waals surface area contributed by atoms with Gasteiger partial charge in [0.15, 0.2) is 0 Å². The van der Waals surface area contributed by atoms with Crippen molar-refractivity contribution >= 4 is 11.7 Å². The summed E-state index contributed by atoms with van der Waals surface area (Å²) in [7, 11) is 0. The number of carbonyl (C=O) groups is 1. The van der Waals surface area contributed by atoms with Crippen LogP contribution in [0.5, 0.6) is 0 Å². The molecule has 0 aromatic carbocycles. The monoisotopic (exact) mass is 289 g/mol. The van der Waals surface area contributed by atoms with E-state index in [1.807, 2.05) is 29.4 Å². The van der Waals surface area contributed by atoms with Crippen LogP contribution in [0.1, 0.15) is 19.3 Å². The second-order valence-electron chi connectivity index (χ2n) is 5.64. The number of hydrazine groups is 1. The fourth-order valence-corrected chi connectivity index (χ4v) is 2.93. The Bertz CT molecular complexity index is 452. The number of anilines is 1. The van der Waals surface area contributed by atoms with Crippen molar-refractivity contribution in [2.45, 2.75) is 19.3 Å². The standard InChI is InChI=1S/C15H23N5O/c21-15(17-20-8-2-1-3-9-20)19-12-10-18(11-13-19)14-4-6-16-7-5-14/h4-7H,1-3,8-13H2,(H,17,21). The molecule has 0 spiro atoms. The smallest absolute Gasteiger partial charge is 0.332 e. The van der Waals surface area contributed by atoms with Gasteiger partial charge < -0.3 is 9.80 Å². The normalized spacial score (nSPS) is 20.4. The van der Waals surface area contributed by atoms with E-state index in [0.29, 0.717) is 0 Å². The van der Waals surface area contributed by atoms with Crippen LogP contribution in [0.15, 0.2) is 24.5 Å². The van der Waals surface area contributed by atoms with E-state index < -0.39 is 0 Å². The van der Waals surface area contributed by atoms with Crippen LogP contribution in [-0.2, 0) is 0 Å². The molecular formula is C15H23N5O. The first kappa shape index (κ1) is 14.1. The zero-order valence-electron chi connectivity index (χ0n) is 12.4. The molecule has 0 atom stereocenters. The van der Waals surface area contributed by atoms with Gasteiger partial charge in [-0.05, 0) is 25.0 Å². The largest absolute Gasteiger partial charge is 0.368 e. The highest BCUT2D eigenvalue weighted by Crippen LogP contribution is 2.15. The Morgan fingerprint density at radius 2 is 1.62 bits per heavy atom. The number of urea groups is 1. The van der Waals surface area contributed by atoms with E-state index in [-0.39, 0.29) is 6.03 Å². The first-order valence-corrected chi connectivity index (χ1v) is 7.78. The first-order chi connectivity index (χ1) is 10.3. The lowest BCUT2D eigenvalue weighted by Crippen LogP contribution is -2.56. The van der Waals surface area contributed by atoms with Crippen LogP contribution < -0.4 is 10.3 Å². The Kier molecular flexibility index (Phi) is 4.55. The van der Waals surface area contributed by atoms with E-state index >= 15 is 0 Å². The second kappa shape index (κ2) is 6.76. The summed E-state index contributed by atoms with van der Waals surface area (Å²) in [5, 5.41) is 2.06. The number of rotatable bonds is 2. The molecule has 0 aliphatic carbocycles. The van der Waals surface area contributed by atoms with Crippen LogP contribution >= 0.6 is 0 Å². The lowest BCUT2D eigenvalue weighted by molar-refractivity contribution is 0.128. The fraction of sp³-hybridized carbons (Fsp3) is 0.600. The molecule has 0 bridgehead atoms. The number of nitrogens with zero attached hydrogens (tertiary/aromatic N) is 4. The molecule has 3 heterocycles. The van der Waals surface area contributed by atoms with E-state index in [1.54, 1.807) is 0 Å². The zero-order valence-corrected chi connectivity index (χ0v) is 12.4. The third-order valence-electron chi connectivity index (χ3n) is 4.20. The Balaban J connectivity index is 1.47. The number of piperidine rings is 1. The predicted octanol–water partition coefficient (Wildman–Crippen LogP) is 1.31. The SMILES string of the molecule is O=C(NN1CCCCC1)N1CCN(c2ccncc2)CC1. The molecule has 6 heteroatoms. The maximum atomic E-state index is 12.3. The molecule has 3 rings (SSSR count). The maximum Gasteiger partial charge on any atom is 0.332 e. The Hall–Kier alpha value is -1.82. The predicted molar refractivity (Wildman–Crippen MR) is 82.0 cm³/mol. The molecule has 1 aromatic heterocycles. The van der Waals surface area contributed by atoms with Crippen LogP contribution in [0.4, 0.5) is 10.5 Å². The molecule has 0 saturated carbocycles. The molecule has 6 nitrogen and oxygen atoms in total. The third-order valence-corrected chi connectivity index (χ3v) is 4.20. The summed E-state index contributed by atoms with van der Waals surface area (Å²) in [6.45, 7) is 5.23. The van der Waals surface area contributed by atoms with Crippen molar-refractivity contribution < 1.29 is 4.79 Å². The minimum absolute atomic E-state index is 0.0475. The van der Waals surface area contributed by atoms with Gasteiger partial charge >= 0.3 is 6.03 Å². The molecule has 0 radical (unpaired) electrons. The minimum atomic E-state index is 0.0475. The highest BCUT2D eigenvalue weighted by atomic mass is 16.2. The molecule has 114 valence electrons. The van der Waals surface area contributed by atoms with E-state index in [1.165, 1.54) is 24.9 Å². The fourth-order valence-electron chi connectivity index (χ4n) is 2.93. The second-order valence-corrected chi connectivity index (χ2v) is 5.64. The summed E-state index contributed by atoms with van der Waals surface area (Å²) >= 11 is 0. The van der Waals surface area contributed by atoms with Gasteiger partial charge in [0.25, 0.3) is 0 Å². The van der Waals surface area contributed by atoms with E-state index in [9.17, 15) is 4.79 Å². The van der Waals surface area contributed by atoms with E-state index in [2.05, 4.69) is 20.3 Å². The number of piperazine rings is 1. The third kappa shape index (κ3) is 3.64. The van der Waals surface area contributed by atoms with Crippen LogP contribution in [0.3, 0.4) is 0 Å². The van der Waals surface area contributed by atoms with Crippen molar-refractivity contribution in [1.29, 1.82) is 0 Å². The van der Waals surface area contributed by atoms with Crippen LogP contribution in [-0.4, -0.2) is 60.2 Å². The van der Waals surface area contributed by atoms with Crippen molar-refractivity contribution in [3.8, 4) is 0 Å². The first-order valence-electron chi connectivity index (χ1n) is 7.78. The van der Waals surface area contributed by atoms with Gasteiger partial charge in [-0.15, -0.1) is 0 Å². The summed E-state index contributed by atoms with van der Waals surface area (Å²) in [5.41, 5.74) is 4.22. The Morgan fingerprint density at radius 3 is 2.29 bits per heavy atom. The highest BCUT2D eigenvalue weighted by Gasteiger charge is 2.23. The zero-order chi connectivity index (χ0) is 14.5. The van der Waals surface area contributed by atoms with Gasteiger partial charge in [0.1, 0.15) is 0 Å². The number of nitrogens with one attached hydrogen (secondary N) is 1. The van der Waals surface area contributed by atoms with Gasteiger partial charge in [-0.3, -0.25) is 10.4 Å². The molecule has 2 aliphatic rings. The van der Waals surface area contributed by atoms with Gasteiger partial charge in [-0.2, -0.15) is 0 Å². The summed E-state index contributed by atoms with van der Waals surface area (Å²) in [5.74, 6) is 0. The quantitative estimate of drug-likeness (QED) is 0.892. The molecular weight excluding hydrogens is 266 g/mol. The van der Waals surface area contributed by atoms with Crippen LogP contribution in [0.25, 0.3) is 0 Å². The van der Waals surface area contributed by atoms with Gasteiger partial charge in [-0.25, -0.2) is 9.80 Å². The van der Waals surface area contributed by atoms with Crippen LogP contribution in [0.2, 0.25) is 0 Å². The van der Waals surface area contributed by atoms with Crippen LogP contribution in [0, 0.1) is 0 Å². The maximum absolute atomic E-state index is 12.3. The van der Waals surface area contributed by atoms with Gasteiger partial charge in [0.2, 0.25) is 0 Å². The lowest BCUT2D eigenvalue weighted by Gasteiger charge is -2.37. The van der Waals surface area contributed by atoms with Crippen molar-refractivity contribution in [3.63, 3.8) is 0 Å². The molecule has 21 heavy (non-hydrogen) atoms. The Morgan fingerprint density at radius 1 is 0.952 bits per heavy atom. The van der Waals surface area contributed by atoms with E-state index in [4.69, 9.17) is 0 Å². The van der Waals surface area contributed by atoms with Gasteiger partial charge in [0.05, 0.1) is 0 Å². The van der Waals surface area contributed by atoms with Crippen molar-refractivity contribution in [2.75, 3.05) is 44.2 Å². The number of amides is 2. The summed E-state index contributed by atoms with van der Waals surface area (Å²) in [6.07, 6.45) is 7.25. The molecule has 2 fully saturated rings. The van der Waals surface area contributed by atoms with Crippen molar-refractivity contribution in [3.05, 3.63) is 24.5 Å². The summed E-state index contributed by atoms with van der Waals surface area (Å²) in [6, 6.07) is 4.08. The number of pyridine rings is 1. The average Bonchev–Trinajstić information content (AvgIpc) is 2.57. The minimum Gasteiger partial charge on any atom is -0.368 e. The number of hydrogen-bond donors (Lipinski definition) is 1. The topological polar surface area (TPSA) is 51.7 Å². The number of aromatic nitrogens is 1. The Labute approximate surface area is 125 Å². The molecule has 2 aliphatic heterocycles. The van der Waals surface area contributed by atoms with Crippen molar-refractivity contribution in [1.82, 2.24) is 20.3 Å². The molecule has 1 aromatic rings. The highest BCUT2D eigenvalue weighted by molar-refractivity contribution is 5.74. The summed E-state index contributed by atoms with van der Waals surface area (Å²) < 4.78 is 0. The average molecular weight is 289 g/mol. The lowest BCUT2D eigenvalue weighted by atomic mass is 10.2. The van der Waals surface area contributed by atoms with Gasteiger partial charge in [0, 0.05) is 57.3 Å². The van der Waals surface area contributed by atoms with E-state index in [0.717, 1.165) is 39.3 Å². The molecule has 2 amide bonds. The number of hydrogen-bond acceptors (Lipinski definition) is 4.